The van der Waals surface area contributed by atoms with Gasteiger partial charge in [0.25, 0.3) is 0 Å². The van der Waals surface area contributed by atoms with Crippen LogP contribution in [0.3, 0.4) is 0 Å². The molecular weight excluding hydrogens is 507 g/mol. The number of nitrogens with zero attached hydrogens (tertiary/aromatic N) is 1. The largest absolute Gasteiger partial charge is 0.393 e. The van der Waals surface area contributed by atoms with Crippen molar-refractivity contribution in [2.24, 2.45) is 5.92 Å². The van der Waals surface area contributed by atoms with Crippen molar-refractivity contribution in [2.45, 2.75) is 87.0 Å². The molecule has 2 atom stereocenters. The summed E-state index contributed by atoms with van der Waals surface area (Å²) in [6.07, 6.45) is 2.43. The first-order valence-electron chi connectivity index (χ1n) is 11.5. The molecule has 1 saturated heterocycles. The van der Waals surface area contributed by atoms with Crippen LogP contribution in [0.25, 0.3) is 0 Å². The first-order valence-corrected chi connectivity index (χ1v) is 13.8. The highest BCUT2D eigenvalue weighted by molar-refractivity contribution is 9.10. The highest BCUT2D eigenvalue weighted by Gasteiger charge is 2.47. The maximum atomic E-state index is 13.5. The van der Waals surface area contributed by atoms with Crippen LogP contribution in [-0.4, -0.2) is 50.7 Å². The second-order valence-corrected chi connectivity index (χ2v) is 12.0. The molecule has 1 heterocycles. The average molecular weight is 538 g/mol. The summed E-state index contributed by atoms with van der Waals surface area (Å²) in [7, 11) is -4.11. The van der Waals surface area contributed by atoms with Crippen molar-refractivity contribution >= 4 is 31.6 Å². The standard InChI is InChI=1S/C22H31BrF3N3O2S/c23-15-8-9-21(32(30,31)28-19-7-3-2-6-18(19)22(24,25)26)20(12-15)27-16-13-17(14-16)29-10-4-1-5-11-29/h8-9,12,16-19,27-28H,1-7,10-11,13-14H2/t16?,17?,18-,19+/m1/s1. The summed E-state index contributed by atoms with van der Waals surface area (Å²) in [5, 5.41) is 3.34. The molecule has 0 aromatic heterocycles. The van der Waals surface area contributed by atoms with E-state index in [9.17, 15) is 21.6 Å². The predicted molar refractivity (Wildman–Crippen MR) is 122 cm³/mol. The number of benzene rings is 1. The van der Waals surface area contributed by atoms with Gasteiger partial charge in [-0.15, -0.1) is 0 Å². The Labute approximate surface area is 196 Å². The number of anilines is 1. The van der Waals surface area contributed by atoms with E-state index in [1.54, 1.807) is 12.1 Å². The van der Waals surface area contributed by atoms with Crippen LogP contribution in [0.2, 0.25) is 0 Å². The monoisotopic (exact) mass is 537 g/mol. The lowest BCUT2D eigenvalue weighted by Gasteiger charge is -2.45. The minimum absolute atomic E-state index is 0.00798. The van der Waals surface area contributed by atoms with E-state index in [0.29, 0.717) is 24.6 Å². The molecule has 3 fully saturated rings. The lowest BCUT2D eigenvalue weighted by atomic mass is 9.84. The summed E-state index contributed by atoms with van der Waals surface area (Å²) >= 11 is 3.39. The van der Waals surface area contributed by atoms with Crippen LogP contribution in [-0.2, 0) is 10.0 Å². The highest BCUT2D eigenvalue weighted by Crippen LogP contribution is 2.39. The van der Waals surface area contributed by atoms with Gasteiger partial charge in [-0.05, 0) is 69.8 Å². The van der Waals surface area contributed by atoms with Gasteiger partial charge in [0.2, 0.25) is 10.0 Å². The van der Waals surface area contributed by atoms with Crippen LogP contribution in [0.15, 0.2) is 27.6 Å². The number of rotatable bonds is 6. The summed E-state index contributed by atoms with van der Waals surface area (Å²) in [6, 6.07) is 4.32. The zero-order chi connectivity index (χ0) is 22.9. The summed E-state index contributed by atoms with van der Waals surface area (Å²) in [5.41, 5.74) is 0.438. The fraction of sp³-hybridized carbons (Fsp3) is 0.727. The Bertz CT molecular complexity index is 900. The lowest BCUT2D eigenvalue weighted by molar-refractivity contribution is -0.187. The van der Waals surface area contributed by atoms with Crippen molar-refractivity contribution in [3.05, 3.63) is 22.7 Å². The molecule has 2 saturated carbocycles. The van der Waals surface area contributed by atoms with Gasteiger partial charge in [0.05, 0.1) is 11.6 Å². The molecule has 2 aliphatic carbocycles. The Morgan fingerprint density at radius 3 is 2.38 bits per heavy atom. The van der Waals surface area contributed by atoms with Gasteiger partial charge in [-0.2, -0.15) is 13.2 Å². The van der Waals surface area contributed by atoms with Crippen LogP contribution >= 0.6 is 15.9 Å². The molecule has 0 spiro atoms. The normalized spacial score (nSPS) is 30.0. The smallest absolute Gasteiger partial charge is 0.381 e. The molecule has 4 rings (SSSR count). The zero-order valence-corrected chi connectivity index (χ0v) is 20.4. The minimum atomic E-state index is -4.41. The topological polar surface area (TPSA) is 61.4 Å². The fourth-order valence-corrected chi connectivity index (χ4v) is 7.11. The van der Waals surface area contributed by atoms with Crippen LogP contribution in [0.5, 0.6) is 0 Å². The summed E-state index contributed by atoms with van der Waals surface area (Å²) in [6.45, 7) is 2.25. The molecule has 1 aromatic rings. The number of alkyl halides is 3. The molecule has 2 N–H and O–H groups in total. The molecule has 3 aliphatic rings. The van der Waals surface area contributed by atoms with Crippen LogP contribution in [0.4, 0.5) is 18.9 Å². The van der Waals surface area contributed by atoms with E-state index in [1.807, 2.05) is 0 Å². The molecule has 1 aromatic carbocycles. The number of likely N-dealkylation sites (tertiary alicyclic amines) is 1. The van der Waals surface area contributed by atoms with Gasteiger partial charge < -0.3 is 10.2 Å². The Morgan fingerprint density at radius 2 is 1.69 bits per heavy atom. The van der Waals surface area contributed by atoms with Crippen molar-refractivity contribution in [3.8, 4) is 0 Å². The van der Waals surface area contributed by atoms with Crippen LogP contribution in [0, 0.1) is 5.92 Å². The van der Waals surface area contributed by atoms with E-state index in [4.69, 9.17) is 0 Å². The molecule has 1 aliphatic heterocycles. The van der Waals surface area contributed by atoms with Gasteiger partial charge in [0, 0.05) is 22.6 Å². The van der Waals surface area contributed by atoms with E-state index in [2.05, 4.69) is 30.9 Å². The van der Waals surface area contributed by atoms with E-state index in [-0.39, 0.29) is 23.8 Å². The number of hydrogen-bond acceptors (Lipinski definition) is 4. The maximum absolute atomic E-state index is 13.5. The molecule has 10 heteroatoms. The molecule has 0 radical (unpaired) electrons. The molecule has 5 nitrogen and oxygen atoms in total. The number of hydrogen-bond donors (Lipinski definition) is 2. The van der Waals surface area contributed by atoms with Gasteiger partial charge in [-0.3, -0.25) is 0 Å². The average Bonchev–Trinajstić information content (AvgIpc) is 2.70. The third-order valence-corrected chi connectivity index (χ3v) is 9.15. The van der Waals surface area contributed by atoms with Gasteiger partial charge in [-0.25, -0.2) is 13.1 Å². The van der Waals surface area contributed by atoms with Gasteiger partial charge in [0.1, 0.15) is 4.90 Å². The zero-order valence-electron chi connectivity index (χ0n) is 18.0. The van der Waals surface area contributed by atoms with Crippen molar-refractivity contribution < 1.29 is 21.6 Å². The van der Waals surface area contributed by atoms with Crippen molar-refractivity contribution in [1.29, 1.82) is 0 Å². The Kier molecular flexibility index (Phi) is 7.44. The SMILES string of the molecule is O=S(=O)(N[C@H]1CCCC[C@H]1C(F)(F)F)c1ccc(Br)cc1NC1CC(N2CCCCC2)C1. The van der Waals surface area contributed by atoms with Crippen molar-refractivity contribution in [1.82, 2.24) is 9.62 Å². The number of sulfonamides is 1. The third-order valence-electron chi connectivity index (χ3n) is 7.10. The third kappa shape index (κ3) is 5.62. The Morgan fingerprint density at radius 1 is 1.00 bits per heavy atom. The Balaban J connectivity index is 1.46. The molecular formula is C22H31BrF3N3O2S. The first-order chi connectivity index (χ1) is 15.1. The van der Waals surface area contributed by atoms with Gasteiger partial charge in [-0.1, -0.05) is 35.2 Å². The van der Waals surface area contributed by atoms with Crippen molar-refractivity contribution in [2.75, 3.05) is 18.4 Å². The molecule has 32 heavy (non-hydrogen) atoms. The van der Waals surface area contributed by atoms with E-state index < -0.39 is 28.2 Å². The van der Waals surface area contributed by atoms with E-state index in [1.165, 1.54) is 25.3 Å². The number of piperidine rings is 1. The predicted octanol–water partition coefficient (Wildman–Crippen LogP) is 5.28. The van der Waals surface area contributed by atoms with Gasteiger partial charge in [0.15, 0.2) is 0 Å². The fourth-order valence-electron chi connectivity index (χ4n) is 5.28. The molecule has 0 unspecified atom stereocenters. The second-order valence-electron chi connectivity index (χ2n) is 9.36. The maximum Gasteiger partial charge on any atom is 0.393 e. The summed E-state index contributed by atoms with van der Waals surface area (Å²) in [5.74, 6) is -1.64. The Hall–Kier alpha value is -0.840. The second kappa shape index (κ2) is 9.80. The quantitative estimate of drug-likeness (QED) is 0.518. The van der Waals surface area contributed by atoms with E-state index in [0.717, 1.165) is 30.4 Å². The van der Waals surface area contributed by atoms with Crippen LogP contribution in [0.1, 0.15) is 57.8 Å². The lowest BCUT2D eigenvalue weighted by Crippen LogP contribution is -2.51. The van der Waals surface area contributed by atoms with Gasteiger partial charge >= 0.3 is 6.18 Å². The number of halogens is 4. The minimum Gasteiger partial charge on any atom is -0.381 e. The van der Waals surface area contributed by atoms with E-state index >= 15 is 0 Å². The van der Waals surface area contributed by atoms with Crippen molar-refractivity contribution in [3.63, 3.8) is 0 Å². The summed E-state index contributed by atoms with van der Waals surface area (Å²) < 4.78 is 69.8. The summed E-state index contributed by atoms with van der Waals surface area (Å²) in [4.78, 5) is 2.52. The first kappa shape index (κ1) is 24.3. The number of nitrogens with one attached hydrogen (secondary N) is 2. The molecule has 0 bridgehead atoms. The molecule has 0 amide bonds. The highest BCUT2D eigenvalue weighted by atomic mass is 79.9. The van der Waals surface area contributed by atoms with Crippen LogP contribution < -0.4 is 10.0 Å². The molecule has 180 valence electrons.